The minimum atomic E-state index is -4.74. The van der Waals surface area contributed by atoms with Gasteiger partial charge in [0.25, 0.3) is 0 Å². The van der Waals surface area contributed by atoms with Crippen LogP contribution in [0.3, 0.4) is 0 Å². The molecule has 24 heavy (non-hydrogen) atoms. The molecule has 0 unspecified atom stereocenters. The van der Waals surface area contributed by atoms with Crippen LogP contribution in [0.2, 0.25) is 0 Å². The molecular weight excluding hydrogens is 317 g/mol. The second-order valence-electron chi connectivity index (χ2n) is 5.15. The lowest BCUT2D eigenvalue weighted by atomic mass is 9.95. The second kappa shape index (κ2) is 5.85. The molecular formula is C18H11F3N2O. The summed E-state index contributed by atoms with van der Waals surface area (Å²) in [6.45, 7) is 1.77. The van der Waals surface area contributed by atoms with Crippen LogP contribution < -0.4 is 4.74 Å². The highest BCUT2D eigenvalue weighted by molar-refractivity contribution is 5.92. The molecule has 0 fully saturated rings. The minimum absolute atomic E-state index is 0.309. The lowest BCUT2D eigenvalue weighted by Gasteiger charge is -2.12. The second-order valence-corrected chi connectivity index (χ2v) is 5.15. The van der Waals surface area contributed by atoms with Gasteiger partial charge in [0.15, 0.2) is 0 Å². The molecule has 0 spiro atoms. The first-order valence-corrected chi connectivity index (χ1v) is 7.04. The van der Waals surface area contributed by atoms with Crippen molar-refractivity contribution in [1.82, 2.24) is 4.98 Å². The van der Waals surface area contributed by atoms with Gasteiger partial charge in [0.1, 0.15) is 11.8 Å². The SMILES string of the molecule is Cc1nc2ccccc2c(C#N)c1-c1ccc(OC(F)(F)F)cc1. The first-order chi connectivity index (χ1) is 11.4. The predicted octanol–water partition coefficient (Wildman–Crippen LogP) is 4.98. The third-order valence-corrected chi connectivity index (χ3v) is 3.56. The number of pyridine rings is 1. The molecule has 6 heteroatoms. The average molecular weight is 328 g/mol. The van der Waals surface area contributed by atoms with Gasteiger partial charge in [-0.25, -0.2) is 0 Å². The van der Waals surface area contributed by atoms with Gasteiger partial charge in [0.2, 0.25) is 0 Å². The van der Waals surface area contributed by atoms with Gasteiger partial charge in [-0.2, -0.15) is 5.26 Å². The fourth-order valence-corrected chi connectivity index (χ4v) is 2.63. The van der Waals surface area contributed by atoms with E-state index in [1.807, 2.05) is 18.2 Å². The molecule has 0 aliphatic carbocycles. The number of fused-ring (bicyclic) bond motifs is 1. The number of benzene rings is 2. The molecule has 0 saturated heterocycles. The van der Waals surface area contributed by atoms with Crippen molar-refractivity contribution in [3.8, 4) is 22.9 Å². The van der Waals surface area contributed by atoms with Gasteiger partial charge in [0.05, 0.1) is 11.1 Å². The Hall–Kier alpha value is -3.07. The Morgan fingerprint density at radius 1 is 1.04 bits per heavy atom. The summed E-state index contributed by atoms with van der Waals surface area (Å²) in [7, 11) is 0. The number of hydrogen-bond acceptors (Lipinski definition) is 3. The van der Waals surface area contributed by atoms with Crippen LogP contribution in [0.4, 0.5) is 13.2 Å². The Labute approximate surface area is 135 Å². The molecule has 0 saturated carbocycles. The van der Waals surface area contributed by atoms with Gasteiger partial charge >= 0.3 is 6.36 Å². The zero-order valence-electron chi connectivity index (χ0n) is 12.6. The molecule has 120 valence electrons. The topological polar surface area (TPSA) is 45.9 Å². The van der Waals surface area contributed by atoms with Gasteiger partial charge in [-0.15, -0.1) is 13.2 Å². The van der Waals surface area contributed by atoms with E-state index in [4.69, 9.17) is 0 Å². The van der Waals surface area contributed by atoms with Crippen molar-refractivity contribution in [2.75, 3.05) is 0 Å². The fraction of sp³-hybridized carbons (Fsp3) is 0.111. The Balaban J connectivity index is 2.13. The average Bonchev–Trinajstić information content (AvgIpc) is 2.53. The van der Waals surface area contributed by atoms with Crippen molar-refractivity contribution in [2.24, 2.45) is 0 Å². The first kappa shape index (κ1) is 15.8. The summed E-state index contributed by atoms with van der Waals surface area (Å²) in [6, 6.07) is 14.8. The summed E-state index contributed by atoms with van der Waals surface area (Å²) in [6.07, 6.45) is -4.74. The molecule has 0 N–H and O–H groups in total. The fourth-order valence-electron chi connectivity index (χ4n) is 2.63. The Morgan fingerprint density at radius 3 is 2.33 bits per heavy atom. The van der Waals surface area contributed by atoms with Crippen molar-refractivity contribution in [3.63, 3.8) is 0 Å². The van der Waals surface area contributed by atoms with E-state index >= 15 is 0 Å². The number of nitriles is 1. The quantitative estimate of drug-likeness (QED) is 0.666. The Bertz CT molecular complexity index is 941. The standard InChI is InChI=1S/C18H11F3N2O/c1-11-17(12-6-8-13(9-7-12)24-18(19,20)21)15(10-22)14-4-2-3-5-16(14)23-11/h2-9H,1H3. The number of aromatic nitrogens is 1. The van der Waals surface area contributed by atoms with Crippen molar-refractivity contribution in [1.29, 1.82) is 5.26 Å². The van der Waals surface area contributed by atoms with Crippen molar-refractivity contribution in [3.05, 3.63) is 59.8 Å². The van der Waals surface area contributed by atoms with Crippen LogP contribution in [0.15, 0.2) is 48.5 Å². The number of alkyl halides is 3. The molecule has 0 aliphatic rings. The molecule has 0 atom stereocenters. The maximum Gasteiger partial charge on any atom is 0.573 e. The molecule has 1 heterocycles. The van der Waals surface area contributed by atoms with E-state index in [0.717, 1.165) is 0 Å². The van der Waals surface area contributed by atoms with E-state index in [-0.39, 0.29) is 5.75 Å². The number of ether oxygens (including phenoxy) is 1. The lowest BCUT2D eigenvalue weighted by molar-refractivity contribution is -0.274. The highest BCUT2D eigenvalue weighted by Crippen LogP contribution is 2.33. The zero-order chi connectivity index (χ0) is 17.3. The van der Waals surface area contributed by atoms with Gasteiger partial charge in [-0.3, -0.25) is 4.98 Å². The first-order valence-electron chi connectivity index (χ1n) is 7.04. The Morgan fingerprint density at radius 2 is 1.71 bits per heavy atom. The highest BCUT2D eigenvalue weighted by Gasteiger charge is 2.31. The summed E-state index contributed by atoms with van der Waals surface area (Å²) < 4.78 is 40.6. The van der Waals surface area contributed by atoms with Gasteiger partial charge < -0.3 is 4.74 Å². The number of nitrogens with zero attached hydrogens (tertiary/aromatic N) is 2. The van der Waals surface area contributed by atoms with E-state index in [1.54, 1.807) is 13.0 Å². The summed E-state index contributed by atoms with van der Waals surface area (Å²) in [5.74, 6) is -0.309. The Kier molecular flexibility index (Phi) is 3.86. The van der Waals surface area contributed by atoms with Crippen LogP contribution in [0, 0.1) is 18.3 Å². The summed E-state index contributed by atoms with van der Waals surface area (Å²) >= 11 is 0. The minimum Gasteiger partial charge on any atom is -0.406 e. The number of para-hydroxylation sites is 1. The summed E-state index contributed by atoms with van der Waals surface area (Å²) in [4.78, 5) is 4.48. The lowest BCUT2D eigenvalue weighted by Crippen LogP contribution is -2.16. The highest BCUT2D eigenvalue weighted by atomic mass is 19.4. The predicted molar refractivity (Wildman–Crippen MR) is 83.3 cm³/mol. The molecule has 1 aromatic heterocycles. The van der Waals surface area contributed by atoms with E-state index in [2.05, 4.69) is 15.8 Å². The monoisotopic (exact) mass is 328 g/mol. The molecule has 0 aliphatic heterocycles. The molecule has 0 radical (unpaired) electrons. The summed E-state index contributed by atoms with van der Waals surface area (Å²) in [5.41, 5.74) is 3.00. The van der Waals surface area contributed by atoms with Crippen LogP contribution in [0.1, 0.15) is 11.3 Å². The van der Waals surface area contributed by atoms with Gasteiger partial charge in [-0.05, 0) is 30.7 Å². The molecule has 0 bridgehead atoms. The maximum atomic E-state index is 12.2. The van der Waals surface area contributed by atoms with Crippen LogP contribution in [-0.4, -0.2) is 11.3 Å². The number of hydrogen-bond donors (Lipinski definition) is 0. The largest absolute Gasteiger partial charge is 0.573 e. The number of halogens is 3. The maximum absolute atomic E-state index is 12.2. The van der Waals surface area contributed by atoms with Crippen LogP contribution in [-0.2, 0) is 0 Å². The van der Waals surface area contributed by atoms with Crippen molar-refractivity contribution >= 4 is 10.9 Å². The molecule has 3 nitrogen and oxygen atoms in total. The van der Waals surface area contributed by atoms with E-state index in [1.165, 1.54) is 24.3 Å². The van der Waals surface area contributed by atoms with Crippen LogP contribution >= 0.6 is 0 Å². The normalized spacial score (nSPS) is 11.3. The smallest absolute Gasteiger partial charge is 0.406 e. The van der Waals surface area contributed by atoms with Crippen LogP contribution in [0.5, 0.6) is 5.75 Å². The number of rotatable bonds is 2. The molecule has 3 aromatic rings. The van der Waals surface area contributed by atoms with E-state index in [9.17, 15) is 18.4 Å². The number of aryl methyl sites for hydroxylation is 1. The third-order valence-electron chi connectivity index (χ3n) is 3.56. The molecule has 2 aromatic carbocycles. The van der Waals surface area contributed by atoms with Crippen molar-refractivity contribution in [2.45, 2.75) is 13.3 Å². The third kappa shape index (κ3) is 3.01. The van der Waals surface area contributed by atoms with Gasteiger partial charge in [-0.1, -0.05) is 30.3 Å². The summed E-state index contributed by atoms with van der Waals surface area (Å²) in [5, 5.41) is 10.3. The molecule has 3 rings (SSSR count). The molecule has 0 amide bonds. The van der Waals surface area contributed by atoms with Crippen molar-refractivity contribution < 1.29 is 17.9 Å². The van der Waals surface area contributed by atoms with Gasteiger partial charge in [0, 0.05) is 16.6 Å². The van der Waals surface area contributed by atoms with E-state index in [0.29, 0.717) is 33.3 Å². The van der Waals surface area contributed by atoms with Crippen LogP contribution in [0.25, 0.3) is 22.0 Å². The van der Waals surface area contributed by atoms with E-state index < -0.39 is 6.36 Å². The zero-order valence-corrected chi connectivity index (χ0v) is 12.6.